The van der Waals surface area contributed by atoms with Gasteiger partial charge in [0.05, 0.1) is 11.2 Å². The number of hydrogen-bond acceptors (Lipinski definition) is 4. The van der Waals surface area contributed by atoms with Gasteiger partial charge in [0.2, 0.25) is 0 Å². The molecule has 20 heavy (non-hydrogen) atoms. The standard InChI is InChI=1S/C14H20N4O2/c1-4-9(2)14(3,20)8-15-13(19)10-6-5-7-11-12(10)17-18-16-11/h5-7,9,20H,4,8H2,1-3H3,(H,15,19)(H,16,17,18)/t9-,14-/m0/s1. The minimum Gasteiger partial charge on any atom is -0.388 e. The van der Waals surface area contributed by atoms with Crippen molar-refractivity contribution in [2.75, 3.05) is 6.54 Å². The van der Waals surface area contributed by atoms with Crippen LogP contribution in [0.25, 0.3) is 11.0 Å². The Labute approximate surface area is 117 Å². The van der Waals surface area contributed by atoms with Crippen LogP contribution in [0.2, 0.25) is 0 Å². The van der Waals surface area contributed by atoms with E-state index in [0.717, 1.165) is 6.42 Å². The zero-order chi connectivity index (χ0) is 14.8. The summed E-state index contributed by atoms with van der Waals surface area (Å²) in [5, 5.41) is 23.5. The van der Waals surface area contributed by atoms with Crippen molar-refractivity contribution in [3.8, 4) is 0 Å². The molecule has 0 saturated carbocycles. The predicted octanol–water partition coefficient (Wildman–Crippen LogP) is 1.48. The van der Waals surface area contributed by atoms with E-state index in [1.165, 1.54) is 0 Å². The second-order valence-electron chi connectivity index (χ2n) is 5.35. The molecule has 2 rings (SSSR count). The van der Waals surface area contributed by atoms with Gasteiger partial charge in [0, 0.05) is 6.54 Å². The molecule has 0 bridgehead atoms. The van der Waals surface area contributed by atoms with Crippen LogP contribution in [-0.2, 0) is 0 Å². The largest absolute Gasteiger partial charge is 0.388 e. The van der Waals surface area contributed by atoms with Gasteiger partial charge in [-0.05, 0) is 25.0 Å². The molecule has 2 aromatic rings. The van der Waals surface area contributed by atoms with Gasteiger partial charge in [-0.1, -0.05) is 26.3 Å². The molecular formula is C14H20N4O2. The van der Waals surface area contributed by atoms with Gasteiger partial charge in [0.15, 0.2) is 0 Å². The summed E-state index contributed by atoms with van der Waals surface area (Å²) < 4.78 is 0. The van der Waals surface area contributed by atoms with Crippen molar-refractivity contribution < 1.29 is 9.90 Å². The molecule has 0 aliphatic rings. The van der Waals surface area contributed by atoms with Gasteiger partial charge < -0.3 is 10.4 Å². The predicted molar refractivity (Wildman–Crippen MR) is 76.3 cm³/mol. The maximum atomic E-state index is 12.2. The van der Waals surface area contributed by atoms with E-state index in [-0.39, 0.29) is 18.4 Å². The van der Waals surface area contributed by atoms with Crippen LogP contribution in [0.1, 0.15) is 37.6 Å². The Morgan fingerprint density at radius 2 is 2.25 bits per heavy atom. The number of nitrogens with zero attached hydrogens (tertiary/aromatic N) is 2. The molecule has 1 aromatic carbocycles. The first kappa shape index (κ1) is 14.5. The zero-order valence-electron chi connectivity index (χ0n) is 12.0. The quantitative estimate of drug-likeness (QED) is 0.771. The highest BCUT2D eigenvalue weighted by Gasteiger charge is 2.27. The van der Waals surface area contributed by atoms with Crippen LogP contribution in [0.5, 0.6) is 0 Å². The SMILES string of the molecule is CC[C@H](C)[C@@](C)(O)CNC(=O)c1cccc2n[nH]nc12. The topological polar surface area (TPSA) is 90.9 Å². The van der Waals surface area contributed by atoms with Gasteiger partial charge in [-0.3, -0.25) is 4.79 Å². The van der Waals surface area contributed by atoms with E-state index in [1.807, 2.05) is 13.8 Å². The maximum absolute atomic E-state index is 12.2. The number of benzene rings is 1. The molecule has 0 fully saturated rings. The molecular weight excluding hydrogens is 256 g/mol. The van der Waals surface area contributed by atoms with E-state index in [4.69, 9.17) is 0 Å². The third-order valence-electron chi connectivity index (χ3n) is 3.87. The number of aromatic amines is 1. The number of para-hydroxylation sites is 1. The van der Waals surface area contributed by atoms with E-state index in [0.29, 0.717) is 16.6 Å². The van der Waals surface area contributed by atoms with E-state index in [1.54, 1.807) is 25.1 Å². The first-order valence-electron chi connectivity index (χ1n) is 6.75. The molecule has 0 aliphatic carbocycles. The lowest BCUT2D eigenvalue weighted by molar-refractivity contribution is 0.00594. The molecule has 1 heterocycles. The van der Waals surface area contributed by atoms with E-state index in [9.17, 15) is 9.90 Å². The molecule has 6 heteroatoms. The summed E-state index contributed by atoms with van der Waals surface area (Å²) in [6, 6.07) is 5.23. The second-order valence-corrected chi connectivity index (χ2v) is 5.35. The van der Waals surface area contributed by atoms with Crippen molar-refractivity contribution in [1.29, 1.82) is 0 Å². The summed E-state index contributed by atoms with van der Waals surface area (Å²) in [5.41, 5.74) is 0.706. The number of aliphatic hydroxyl groups is 1. The van der Waals surface area contributed by atoms with Crippen molar-refractivity contribution in [1.82, 2.24) is 20.7 Å². The average molecular weight is 276 g/mol. The fourth-order valence-electron chi connectivity index (χ4n) is 2.02. The van der Waals surface area contributed by atoms with Crippen LogP contribution < -0.4 is 5.32 Å². The van der Waals surface area contributed by atoms with E-state index >= 15 is 0 Å². The van der Waals surface area contributed by atoms with Crippen molar-refractivity contribution in [2.24, 2.45) is 5.92 Å². The second kappa shape index (κ2) is 5.58. The Morgan fingerprint density at radius 1 is 1.50 bits per heavy atom. The van der Waals surface area contributed by atoms with Gasteiger partial charge in [-0.2, -0.15) is 15.4 Å². The van der Waals surface area contributed by atoms with Crippen molar-refractivity contribution in [3.63, 3.8) is 0 Å². The Morgan fingerprint density at radius 3 is 2.95 bits per heavy atom. The third-order valence-corrected chi connectivity index (χ3v) is 3.87. The molecule has 0 radical (unpaired) electrons. The Bertz CT molecular complexity index is 606. The van der Waals surface area contributed by atoms with Crippen molar-refractivity contribution in [2.45, 2.75) is 32.8 Å². The Kier molecular flexibility index (Phi) is 4.04. The van der Waals surface area contributed by atoms with Crippen LogP contribution in [0.4, 0.5) is 0 Å². The lowest BCUT2D eigenvalue weighted by atomic mass is 9.88. The average Bonchev–Trinajstić information content (AvgIpc) is 2.92. The molecule has 0 saturated heterocycles. The summed E-state index contributed by atoms with van der Waals surface area (Å²) >= 11 is 0. The highest BCUT2D eigenvalue weighted by molar-refractivity contribution is 6.04. The lowest BCUT2D eigenvalue weighted by Crippen LogP contribution is -2.45. The molecule has 1 amide bonds. The summed E-state index contributed by atoms with van der Waals surface area (Å²) in [6.45, 7) is 5.91. The van der Waals surface area contributed by atoms with Crippen molar-refractivity contribution >= 4 is 16.9 Å². The van der Waals surface area contributed by atoms with Gasteiger partial charge in [-0.25, -0.2) is 0 Å². The Hall–Kier alpha value is -1.95. The Balaban J connectivity index is 2.11. The number of fused-ring (bicyclic) bond motifs is 1. The molecule has 0 unspecified atom stereocenters. The van der Waals surface area contributed by atoms with Gasteiger partial charge in [0.25, 0.3) is 5.91 Å². The lowest BCUT2D eigenvalue weighted by Gasteiger charge is -2.29. The normalized spacial score (nSPS) is 15.8. The highest BCUT2D eigenvalue weighted by Crippen LogP contribution is 2.19. The summed E-state index contributed by atoms with van der Waals surface area (Å²) in [5.74, 6) is -0.154. The number of aromatic nitrogens is 3. The third kappa shape index (κ3) is 2.80. The van der Waals surface area contributed by atoms with Crippen LogP contribution in [-0.4, -0.2) is 38.6 Å². The number of nitrogens with one attached hydrogen (secondary N) is 2. The van der Waals surface area contributed by atoms with E-state index in [2.05, 4.69) is 20.7 Å². The van der Waals surface area contributed by atoms with Gasteiger partial charge in [-0.15, -0.1) is 0 Å². The number of carbonyl (C=O) groups is 1. The molecule has 2 atom stereocenters. The summed E-state index contributed by atoms with van der Waals surface area (Å²) in [6.07, 6.45) is 0.849. The minimum atomic E-state index is -0.928. The fourth-order valence-corrected chi connectivity index (χ4v) is 2.02. The first-order chi connectivity index (χ1) is 9.45. The number of hydrogen-bond donors (Lipinski definition) is 3. The molecule has 0 spiro atoms. The smallest absolute Gasteiger partial charge is 0.253 e. The number of carbonyl (C=O) groups excluding carboxylic acids is 1. The minimum absolute atomic E-state index is 0.102. The maximum Gasteiger partial charge on any atom is 0.253 e. The van der Waals surface area contributed by atoms with Crippen LogP contribution in [0.3, 0.4) is 0 Å². The summed E-state index contributed by atoms with van der Waals surface area (Å²) in [4.78, 5) is 12.2. The number of amides is 1. The molecule has 3 N–H and O–H groups in total. The highest BCUT2D eigenvalue weighted by atomic mass is 16.3. The van der Waals surface area contributed by atoms with Crippen LogP contribution in [0, 0.1) is 5.92 Å². The molecule has 6 nitrogen and oxygen atoms in total. The monoisotopic (exact) mass is 276 g/mol. The zero-order valence-corrected chi connectivity index (χ0v) is 12.0. The molecule has 108 valence electrons. The number of H-pyrrole nitrogens is 1. The first-order valence-corrected chi connectivity index (χ1v) is 6.75. The van der Waals surface area contributed by atoms with Gasteiger partial charge in [0.1, 0.15) is 11.0 Å². The fraction of sp³-hybridized carbons (Fsp3) is 0.500. The van der Waals surface area contributed by atoms with Gasteiger partial charge >= 0.3 is 0 Å². The van der Waals surface area contributed by atoms with Crippen molar-refractivity contribution in [3.05, 3.63) is 23.8 Å². The van der Waals surface area contributed by atoms with Crippen LogP contribution in [0.15, 0.2) is 18.2 Å². The van der Waals surface area contributed by atoms with E-state index < -0.39 is 5.60 Å². The molecule has 1 aromatic heterocycles. The molecule has 0 aliphatic heterocycles. The number of rotatable bonds is 5. The summed E-state index contributed by atoms with van der Waals surface area (Å²) in [7, 11) is 0. The van der Waals surface area contributed by atoms with Crippen LogP contribution >= 0.6 is 0 Å².